The first-order chi connectivity index (χ1) is 7.81. The summed E-state index contributed by atoms with van der Waals surface area (Å²) in [6.45, 7) is 2.08. The highest BCUT2D eigenvalue weighted by molar-refractivity contribution is 5.91. The molecule has 0 saturated carbocycles. The SMILES string of the molecule is CCOC(=O)C#Cc1cccc2[nH]ncc12. The number of hydrogen-bond acceptors (Lipinski definition) is 3. The molecule has 4 nitrogen and oxygen atoms in total. The highest BCUT2D eigenvalue weighted by atomic mass is 16.5. The van der Waals surface area contributed by atoms with Crippen molar-refractivity contribution in [1.29, 1.82) is 0 Å². The van der Waals surface area contributed by atoms with E-state index in [1.165, 1.54) is 0 Å². The van der Waals surface area contributed by atoms with Crippen LogP contribution in [0.5, 0.6) is 0 Å². The Kier molecular flexibility index (Phi) is 2.88. The molecule has 0 radical (unpaired) electrons. The minimum absolute atomic E-state index is 0.337. The van der Waals surface area contributed by atoms with Gasteiger partial charge in [0.15, 0.2) is 0 Å². The monoisotopic (exact) mass is 214 g/mol. The molecule has 1 heterocycles. The van der Waals surface area contributed by atoms with Crippen LogP contribution < -0.4 is 0 Å². The summed E-state index contributed by atoms with van der Waals surface area (Å²) in [6, 6.07) is 5.59. The van der Waals surface area contributed by atoms with Gasteiger partial charge in [-0.05, 0) is 19.1 Å². The number of aromatic amines is 1. The van der Waals surface area contributed by atoms with E-state index in [9.17, 15) is 4.79 Å². The van der Waals surface area contributed by atoms with Crippen molar-refractivity contribution in [3.63, 3.8) is 0 Å². The van der Waals surface area contributed by atoms with E-state index in [0.29, 0.717) is 6.61 Å². The van der Waals surface area contributed by atoms with Crippen LogP contribution in [-0.2, 0) is 9.53 Å². The number of aromatic nitrogens is 2. The molecule has 80 valence electrons. The van der Waals surface area contributed by atoms with Crippen LogP contribution in [-0.4, -0.2) is 22.8 Å². The maximum Gasteiger partial charge on any atom is 0.384 e. The lowest BCUT2D eigenvalue weighted by atomic mass is 10.1. The van der Waals surface area contributed by atoms with Gasteiger partial charge in [0.25, 0.3) is 0 Å². The predicted octanol–water partition coefficient (Wildman–Crippen LogP) is 1.48. The number of esters is 1. The minimum atomic E-state index is -0.511. The van der Waals surface area contributed by atoms with Crippen molar-refractivity contribution in [1.82, 2.24) is 10.2 Å². The maximum atomic E-state index is 11.1. The fourth-order valence-electron chi connectivity index (χ4n) is 1.36. The fourth-order valence-corrected chi connectivity index (χ4v) is 1.36. The second-order valence-corrected chi connectivity index (χ2v) is 3.11. The average Bonchev–Trinajstić information content (AvgIpc) is 2.75. The molecule has 1 N–H and O–H groups in total. The van der Waals surface area contributed by atoms with E-state index in [4.69, 9.17) is 4.74 Å². The first-order valence-electron chi connectivity index (χ1n) is 4.92. The van der Waals surface area contributed by atoms with Crippen molar-refractivity contribution in [2.24, 2.45) is 0 Å². The van der Waals surface area contributed by atoms with Crippen LogP contribution in [0, 0.1) is 11.8 Å². The molecule has 0 aliphatic heterocycles. The molecule has 0 atom stereocenters. The normalized spacial score (nSPS) is 9.56. The van der Waals surface area contributed by atoms with E-state index in [1.54, 1.807) is 13.1 Å². The van der Waals surface area contributed by atoms with Crippen molar-refractivity contribution in [3.05, 3.63) is 30.0 Å². The summed E-state index contributed by atoms with van der Waals surface area (Å²) in [5.74, 6) is 4.69. The van der Waals surface area contributed by atoms with Gasteiger partial charge in [0.05, 0.1) is 18.3 Å². The van der Waals surface area contributed by atoms with Gasteiger partial charge in [-0.1, -0.05) is 12.0 Å². The molecule has 0 aliphatic rings. The van der Waals surface area contributed by atoms with Gasteiger partial charge in [-0.2, -0.15) is 5.10 Å². The van der Waals surface area contributed by atoms with Gasteiger partial charge in [0.2, 0.25) is 0 Å². The van der Waals surface area contributed by atoms with E-state index in [2.05, 4.69) is 22.0 Å². The third kappa shape index (κ3) is 2.04. The van der Waals surface area contributed by atoms with E-state index in [0.717, 1.165) is 16.5 Å². The zero-order valence-electron chi connectivity index (χ0n) is 8.78. The number of carbonyl (C=O) groups is 1. The second kappa shape index (κ2) is 4.49. The standard InChI is InChI=1S/C12H10N2O2/c1-2-16-12(15)7-6-9-4-3-5-11-10(9)8-13-14-11/h3-5,8H,2H2,1H3,(H,13,14). The van der Waals surface area contributed by atoms with Gasteiger partial charge < -0.3 is 4.74 Å². The largest absolute Gasteiger partial charge is 0.456 e. The molecule has 0 spiro atoms. The van der Waals surface area contributed by atoms with Crippen LogP contribution in [0.3, 0.4) is 0 Å². The molecular formula is C12H10N2O2. The van der Waals surface area contributed by atoms with Gasteiger partial charge in [0.1, 0.15) is 0 Å². The Morgan fingerprint density at radius 3 is 3.25 bits per heavy atom. The molecular weight excluding hydrogens is 204 g/mol. The Hall–Kier alpha value is -2.28. The van der Waals surface area contributed by atoms with Crippen molar-refractivity contribution < 1.29 is 9.53 Å². The zero-order chi connectivity index (χ0) is 11.4. The highest BCUT2D eigenvalue weighted by Gasteiger charge is 2.00. The summed E-state index contributed by atoms with van der Waals surface area (Å²) >= 11 is 0. The van der Waals surface area contributed by atoms with E-state index >= 15 is 0 Å². The number of benzene rings is 1. The molecule has 0 unspecified atom stereocenters. The van der Waals surface area contributed by atoms with Crippen molar-refractivity contribution in [2.75, 3.05) is 6.61 Å². The lowest BCUT2D eigenvalue weighted by molar-refractivity contribution is -0.136. The Morgan fingerprint density at radius 2 is 2.44 bits per heavy atom. The number of rotatable bonds is 1. The molecule has 0 fully saturated rings. The highest BCUT2D eigenvalue weighted by Crippen LogP contribution is 2.14. The molecule has 0 aliphatic carbocycles. The van der Waals surface area contributed by atoms with Gasteiger partial charge in [-0.15, -0.1) is 0 Å². The van der Waals surface area contributed by atoms with Crippen LogP contribution in [0.25, 0.3) is 10.9 Å². The number of fused-ring (bicyclic) bond motifs is 1. The Labute approximate surface area is 92.6 Å². The molecule has 0 bridgehead atoms. The van der Waals surface area contributed by atoms with E-state index < -0.39 is 5.97 Å². The van der Waals surface area contributed by atoms with Crippen molar-refractivity contribution >= 4 is 16.9 Å². The molecule has 4 heteroatoms. The fraction of sp³-hybridized carbons (Fsp3) is 0.167. The van der Waals surface area contributed by atoms with Crippen LogP contribution in [0.4, 0.5) is 0 Å². The Balaban J connectivity index is 2.33. The zero-order valence-corrected chi connectivity index (χ0v) is 8.78. The van der Waals surface area contributed by atoms with Gasteiger partial charge >= 0.3 is 5.97 Å². The summed E-state index contributed by atoms with van der Waals surface area (Å²) in [7, 11) is 0. The van der Waals surface area contributed by atoms with E-state index in [-0.39, 0.29) is 0 Å². The number of nitrogens with zero attached hydrogens (tertiary/aromatic N) is 1. The van der Waals surface area contributed by atoms with Crippen LogP contribution in [0.1, 0.15) is 12.5 Å². The van der Waals surface area contributed by atoms with Crippen LogP contribution >= 0.6 is 0 Å². The number of hydrogen-bond donors (Lipinski definition) is 1. The van der Waals surface area contributed by atoms with Crippen molar-refractivity contribution in [3.8, 4) is 11.8 Å². The number of nitrogens with one attached hydrogen (secondary N) is 1. The van der Waals surface area contributed by atoms with Crippen LogP contribution in [0.2, 0.25) is 0 Å². The lowest BCUT2D eigenvalue weighted by Crippen LogP contribution is -1.99. The Bertz CT molecular complexity index is 575. The molecule has 0 amide bonds. The molecule has 2 rings (SSSR count). The summed E-state index contributed by atoms with van der Waals surface area (Å²) in [5.41, 5.74) is 1.66. The summed E-state index contributed by atoms with van der Waals surface area (Å²) in [4.78, 5) is 11.1. The molecule has 0 saturated heterocycles. The molecule has 1 aromatic carbocycles. The average molecular weight is 214 g/mol. The molecule has 1 aromatic heterocycles. The van der Waals surface area contributed by atoms with Crippen LogP contribution in [0.15, 0.2) is 24.4 Å². The quantitative estimate of drug-likeness (QED) is 0.577. The predicted molar refractivity (Wildman–Crippen MR) is 59.6 cm³/mol. The summed E-state index contributed by atoms with van der Waals surface area (Å²) < 4.78 is 4.72. The molecule has 16 heavy (non-hydrogen) atoms. The number of H-pyrrole nitrogens is 1. The maximum absolute atomic E-state index is 11.1. The minimum Gasteiger partial charge on any atom is -0.456 e. The third-order valence-electron chi connectivity index (χ3n) is 2.06. The van der Waals surface area contributed by atoms with E-state index in [1.807, 2.05) is 18.2 Å². The lowest BCUT2D eigenvalue weighted by Gasteiger charge is -1.93. The van der Waals surface area contributed by atoms with Gasteiger partial charge in [-0.3, -0.25) is 5.10 Å². The summed E-state index contributed by atoms with van der Waals surface area (Å²) in [6.07, 6.45) is 1.69. The van der Waals surface area contributed by atoms with Gasteiger partial charge in [0, 0.05) is 16.9 Å². The first-order valence-corrected chi connectivity index (χ1v) is 4.92. The molecule has 2 aromatic rings. The third-order valence-corrected chi connectivity index (χ3v) is 2.06. The second-order valence-electron chi connectivity index (χ2n) is 3.11. The van der Waals surface area contributed by atoms with Crippen molar-refractivity contribution in [2.45, 2.75) is 6.92 Å². The smallest absolute Gasteiger partial charge is 0.384 e. The summed E-state index contributed by atoms with van der Waals surface area (Å²) in [5, 5.41) is 7.66. The first kappa shape index (κ1) is 10.2. The Morgan fingerprint density at radius 1 is 1.56 bits per heavy atom. The topological polar surface area (TPSA) is 55.0 Å². The number of ether oxygens (including phenoxy) is 1. The van der Waals surface area contributed by atoms with Gasteiger partial charge in [-0.25, -0.2) is 4.79 Å². The number of carbonyl (C=O) groups excluding carboxylic acids is 1.